The molecule has 1 atom stereocenters. The van der Waals surface area contributed by atoms with Crippen molar-refractivity contribution in [1.82, 2.24) is 15.0 Å². The first kappa shape index (κ1) is 23.3. The van der Waals surface area contributed by atoms with Crippen LogP contribution in [0.5, 0.6) is 0 Å². The molecule has 31 heavy (non-hydrogen) atoms. The number of hydrogen-bond donors (Lipinski definition) is 3. The summed E-state index contributed by atoms with van der Waals surface area (Å²) in [6, 6.07) is 0. The molecule has 0 radical (unpaired) electrons. The molecule has 1 saturated carbocycles. The number of anilines is 2. The van der Waals surface area contributed by atoms with Crippen LogP contribution < -0.4 is 10.6 Å². The normalized spacial score (nSPS) is 15.1. The Morgan fingerprint density at radius 3 is 2.84 bits per heavy atom. The first-order valence-corrected chi connectivity index (χ1v) is 12.1. The molecule has 3 rings (SSSR count). The van der Waals surface area contributed by atoms with Gasteiger partial charge in [-0.25, -0.2) is 9.97 Å². The quantitative estimate of drug-likeness (QED) is 0.378. The molecule has 8 heteroatoms. The summed E-state index contributed by atoms with van der Waals surface area (Å²) >= 11 is 1.60. The van der Waals surface area contributed by atoms with Crippen LogP contribution in [-0.4, -0.2) is 46.0 Å². The highest BCUT2D eigenvalue weighted by Gasteiger charge is 2.22. The zero-order valence-corrected chi connectivity index (χ0v) is 19.6. The summed E-state index contributed by atoms with van der Waals surface area (Å²) in [6.45, 7) is 8.06. The third kappa shape index (κ3) is 7.11. The lowest BCUT2D eigenvalue weighted by atomic mass is 10.0. The first-order chi connectivity index (χ1) is 15.1. The van der Waals surface area contributed by atoms with E-state index in [-0.39, 0.29) is 6.61 Å². The number of rotatable bonds is 13. The summed E-state index contributed by atoms with van der Waals surface area (Å²) in [5.74, 6) is 2.51. The molecule has 1 fully saturated rings. The largest absolute Gasteiger partial charge is 0.396 e. The average molecular weight is 443 g/mol. The maximum atomic E-state index is 9.49. The van der Waals surface area contributed by atoms with E-state index in [9.17, 15) is 5.11 Å². The number of thiazole rings is 1. The molecule has 0 spiro atoms. The van der Waals surface area contributed by atoms with E-state index in [0.29, 0.717) is 11.9 Å². The third-order valence-electron chi connectivity index (χ3n) is 5.37. The Bertz CT molecular complexity index is 886. The van der Waals surface area contributed by atoms with Crippen molar-refractivity contribution in [1.29, 1.82) is 0 Å². The number of aliphatic hydroxyl groups excluding tert-OH is 1. The van der Waals surface area contributed by atoms with Crippen LogP contribution in [0.25, 0.3) is 16.6 Å². The average Bonchev–Trinajstić information content (AvgIpc) is 3.49. The molecule has 0 bridgehead atoms. The predicted octanol–water partition coefficient (Wildman–Crippen LogP) is 5.00. The van der Waals surface area contributed by atoms with E-state index in [0.717, 1.165) is 65.2 Å². The number of nitrogens with zero attached hydrogens (tertiary/aromatic N) is 4. The van der Waals surface area contributed by atoms with Crippen LogP contribution in [0.2, 0.25) is 0 Å². The lowest BCUT2D eigenvalue weighted by Crippen LogP contribution is -2.15. The third-order valence-corrected chi connectivity index (χ3v) is 6.35. The molecule has 0 saturated heterocycles. The number of hydrogen-bond acceptors (Lipinski definition) is 8. The van der Waals surface area contributed by atoms with Crippen molar-refractivity contribution in [2.45, 2.75) is 52.9 Å². The van der Waals surface area contributed by atoms with E-state index in [2.05, 4.69) is 34.5 Å². The van der Waals surface area contributed by atoms with Crippen LogP contribution in [0.1, 0.15) is 56.5 Å². The van der Waals surface area contributed by atoms with Crippen molar-refractivity contribution in [3.63, 3.8) is 0 Å². The lowest BCUT2D eigenvalue weighted by Gasteiger charge is -2.16. The van der Waals surface area contributed by atoms with Gasteiger partial charge < -0.3 is 15.7 Å². The molecule has 7 nitrogen and oxygen atoms in total. The molecule has 168 valence electrons. The minimum atomic E-state index is 0.213. The number of aromatic nitrogens is 3. The van der Waals surface area contributed by atoms with Gasteiger partial charge in [0, 0.05) is 43.2 Å². The Hall–Kier alpha value is -2.32. The van der Waals surface area contributed by atoms with Gasteiger partial charge in [-0.1, -0.05) is 20.3 Å². The molecular formula is C23H34N6OS. The second-order valence-corrected chi connectivity index (χ2v) is 9.04. The summed E-state index contributed by atoms with van der Waals surface area (Å²) in [5.41, 5.74) is 1.84. The molecular weight excluding hydrogens is 408 g/mol. The maximum Gasteiger partial charge on any atom is 0.224 e. The van der Waals surface area contributed by atoms with Crippen molar-refractivity contribution in [2.75, 3.05) is 30.3 Å². The van der Waals surface area contributed by atoms with Crippen LogP contribution in [-0.2, 0) is 0 Å². The highest BCUT2D eigenvalue weighted by Crippen LogP contribution is 2.34. The SMILES string of the molecule is CCC=N/C=C\c1cnc(-c2c(C)nc(NCC3CC3)nc2NCC[C@H](CC)CO)s1. The van der Waals surface area contributed by atoms with Crippen LogP contribution in [0.4, 0.5) is 11.8 Å². The molecule has 2 heterocycles. The Labute approximate surface area is 189 Å². The van der Waals surface area contributed by atoms with Gasteiger partial charge in [0.2, 0.25) is 5.95 Å². The smallest absolute Gasteiger partial charge is 0.224 e. The monoisotopic (exact) mass is 442 g/mol. The number of nitrogens with one attached hydrogen (secondary N) is 2. The molecule has 3 N–H and O–H groups in total. The van der Waals surface area contributed by atoms with Gasteiger partial charge >= 0.3 is 0 Å². The van der Waals surface area contributed by atoms with Crippen LogP contribution >= 0.6 is 11.3 Å². The fraction of sp³-hybridized carbons (Fsp3) is 0.565. The van der Waals surface area contributed by atoms with E-state index >= 15 is 0 Å². The van der Waals surface area contributed by atoms with E-state index in [1.807, 2.05) is 25.4 Å². The van der Waals surface area contributed by atoms with Crippen molar-refractivity contribution in [3.8, 4) is 10.6 Å². The van der Waals surface area contributed by atoms with E-state index in [4.69, 9.17) is 9.97 Å². The molecule has 0 unspecified atom stereocenters. The van der Waals surface area contributed by atoms with Gasteiger partial charge in [0.1, 0.15) is 10.8 Å². The summed E-state index contributed by atoms with van der Waals surface area (Å²) in [4.78, 5) is 19.4. The molecule has 2 aromatic rings. The molecule has 1 aliphatic rings. The highest BCUT2D eigenvalue weighted by atomic mass is 32.1. The summed E-state index contributed by atoms with van der Waals surface area (Å²) < 4.78 is 0. The molecule has 0 aromatic carbocycles. The topological polar surface area (TPSA) is 95.3 Å². The number of aliphatic hydroxyl groups is 1. The highest BCUT2D eigenvalue weighted by molar-refractivity contribution is 7.15. The lowest BCUT2D eigenvalue weighted by molar-refractivity contribution is 0.217. The predicted molar refractivity (Wildman–Crippen MR) is 131 cm³/mol. The Morgan fingerprint density at radius 1 is 1.29 bits per heavy atom. The van der Waals surface area contributed by atoms with Gasteiger partial charge in [-0.15, -0.1) is 11.3 Å². The van der Waals surface area contributed by atoms with Crippen molar-refractivity contribution in [2.24, 2.45) is 16.8 Å². The Morgan fingerprint density at radius 2 is 2.13 bits per heavy atom. The van der Waals surface area contributed by atoms with Gasteiger partial charge in [-0.05, 0) is 50.5 Å². The second kappa shape index (κ2) is 11.9. The van der Waals surface area contributed by atoms with Gasteiger partial charge in [0.25, 0.3) is 0 Å². The van der Waals surface area contributed by atoms with Gasteiger partial charge in [0.15, 0.2) is 0 Å². The zero-order chi connectivity index (χ0) is 22.1. The first-order valence-electron chi connectivity index (χ1n) is 11.3. The van der Waals surface area contributed by atoms with Crippen molar-refractivity contribution >= 4 is 35.4 Å². The summed E-state index contributed by atoms with van der Waals surface area (Å²) in [6.07, 6.45) is 12.8. The standard InChI is InChI=1S/C23H34N6OS/c1-4-10-24-11-9-19-14-26-22(31-19)20-16(3)28-23(27-13-18-6-7-18)29-21(20)25-12-8-17(5-2)15-30/h9-11,14,17-18,30H,4-8,12-13,15H2,1-3H3,(H2,25,27,28,29)/b11-9-,24-10?/t17-/m0/s1. The van der Waals surface area contributed by atoms with E-state index in [1.165, 1.54) is 12.8 Å². The van der Waals surface area contributed by atoms with Gasteiger partial charge in [-0.3, -0.25) is 4.99 Å². The van der Waals surface area contributed by atoms with Crippen LogP contribution in [0.3, 0.4) is 0 Å². The summed E-state index contributed by atoms with van der Waals surface area (Å²) in [5, 5.41) is 17.3. The minimum Gasteiger partial charge on any atom is -0.396 e. The summed E-state index contributed by atoms with van der Waals surface area (Å²) in [7, 11) is 0. The Balaban J connectivity index is 1.81. The fourth-order valence-electron chi connectivity index (χ4n) is 3.17. The number of aliphatic imine (C=N–C) groups is 1. The van der Waals surface area contributed by atoms with E-state index < -0.39 is 0 Å². The zero-order valence-electron chi connectivity index (χ0n) is 18.8. The van der Waals surface area contributed by atoms with Crippen LogP contribution in [0.15, 0.2) is 17.4 Å². The molecule has 1 aliphatic carbocycles. The molecule has 0 aliphatic heterocycles. The molecule has 2 aromatic heterocycles. The Kier molecular flexibility index (Phi) is 8.97. The fourth-order valence-corrected chi connectivity index (χ4v) is 4.08. The van der Waals surface area contributed by atoms with Crippen molar-refractivity contribution < 1.29 is 5.11 Å². The number of aryl methyl sites for hydroxylation is 1. The maximum absolute atomic E-state index is 9.49. The molecule has 0 amide bonds. The van der Waals surface area contributed by atoms with Crippen molar-refractivity contribution in [3.05, 3.63) is 23.0 Å². The van der Waals surface area contributed by atoms with Crippen LogP contribution in [0, 0.1) is 18.8 Å². The van der Waals surface area contributed by atoms with Gasteiger partial charge in [0.05, 0.1) is 11.3 Å². The second-order valence-electron chi connectivity index (χ2n) is 7.98. The minimum absolute atomic E-state index is 0.213. The van der Waals surface area contributed by atoms with Gasteiger partial charge in [-0.2, -0.15) is 4.98 Å². The van der Waals surface area contributed by atoms with E-state index in [1.54, 1.807) is 17.5 Å².